The molecule has 0 aliphatic carbocycles. The van der Waals surface area contributed by atoms with Gasteiger partial charge in [0, 0.05) is 25.8 Å². The first kappa shape index (κ1) is 16.8. The fourth-order valence-electron chi connectivity index (χ4n) is 2.10. The molecule has 0 aromatic heterocycles. The van der Waals surface area contributed by atoms with Gasteiger partial charge in [0.15, 0.2) is 0 Å². The van der Waals surface area contributed by atoms with Crippen LogP contribution in [0, 0.1) is 0 Å². The number of hydrogen-bond acceptors (Lipinski definition) is 4. The molecule has 114 valence electrons. The van der Waals surface area contributed by atoms with Crippen molar-refractivity contribution in [2.24, 2.45) is 0 Å². The van der Waals surface area contributed by atoms with Crippen molar-refractivity contribution >= 4 is 29.5 Å². The van der Waals surface area contributed by atoms with Gasteiger partial charge in [0.05, 0.1) is 5.25 Å². The lowest BCUT2D eigenvalue weighted by atomic mass is 10.1. The highest BCUT2D eigenvalue weighted by molar-refractivity contribution is 8.00. The van der Waals surface area contributed by atoms with E-state index in [1.54, 1.807) is 6.92 Å². The minimum Gasteiger partial charge on any atom is -0.480 e. The average molecular weight is 302 g/mol. The minimum absolute atomic E-state index is 0.0571. The van der Waals surface area contributed by atoms with E-state index in [2.05, 4.69) is 5.32 Å². The zero-order chi connectivity index (χ0) is 15.1. The van der Waals surface area contributed by atoms with Crippen molar-refractivity contribution in [1.29, 1.82) is 0 Å². The number of nitrogens with zero attached hydrogens (tertiary/aromatic N) is 1. The Kier molecular flexibility index (Phi) is 6.84. The van der Waals surface area contributed by atoms with Gasteiger partial charge >= 0.3 is 5.97 Å². The molecule has 2 atom stereocenters. The number of thioether (sulfide) groups is 1. The summed E-state index contributed by atoms with van der Waals surface area (Å²) in [7, 11) is 0. The number of carboxylic acid groups (broad SMARTS) is 1. The first-order valence-electron chi connectivity index (χ1n) is 6.82. The molecule has 1 fully saturated rings. The summed E-state index contributed by atoms with van der Waals surface area (Å²) < 4.78 is 0. The van der Waals surface area contributed by atoms with Crippen LogP contribution in [-0.2, 0) is 14.4 Å². The number of carbonyl (C=O) groups is 3. The molecule has 1 saturated heterocycles. The molecule has 0 aromatic rings. The normalized spacial score (nSPS) is 18.2. The van der Waals surface area contributed by atoms with E-state index in [0.717, 1.165) is 32.4 Å². The van der Waals surface area contributed by atoms with Crippen molar-refractivity contribution in [2.75, 3.05) is 18.8 Å². The maximum absolute atomic E-state index is 12.2. The molecule has 1 rings (SSSR count). The van der Waals surface area contributed by atoms with Crippen LogP contribution in [0.4, 0.5) is 0 Å². The first-order chi connectivity index (χ1) is 9.41. The molecule has 6 nitrogen and oxygen atoms in total. The Balaban J connectivity index is 2.43. The molecule has 2 N–H and O–H groups in total. The fourth-order valence-corrected chi connectivity index (χ4v) is 3.10. The maximum atomic E-state index is 12.2. The third-order valence-corrected chi connectivity index (χ3v) is 4.43. The third kappa shape index (κ3) is 5.40. The monoisotopic (exact) mass is 302 g/mol. The number of piperidine rings is 1. The van der Waals surface area contributed by atoms with Gasteiger partial charge in [-0.15, -0.1) is 11.8 Å². The third-order valence-electron chi connectivity index (χ3n) is 3.20. The second-order valence-electron chi connectivity index (χ2n) is 4.95. The van der Waals surface area contributed by atoms with E-state index >= 15 is 0 Å². The highest BCUT2D eigenvalue weighted by atomic mass is 32.2. The summed E-state index contributed by atoms with van der Waals surface area (Å²) in [5.41, 5.74) is 0. The molecule has 0 aromatic carbocycles. The Hall–Kier alpha value is -1.24. The van der Waals surface area contributed by atoms with E-state index in [1.807, 2.05) is 4.90 Å². The van der Waals surface area contributed by atoms with Crippen molar-refractivity contribution in [3.05, 3.63) is 0 Å². The average Bonchev–Trinajstić information content (AvgIpc) is 2.42. The van der Waals surface area contributed by atoms with E-state index in [0.29, 0.717) is 0 Å². The van der Waals surface area contributed by atoms with Gasteiger partial charge in [-0.1, -0.05) is 0 Å². The number of hydrogen-bond donors (Lipinski definition) is 2. The molecule has 1 aliphatic rings. The second-order valence-corrected chi connectivity index (χ2v) is 6.33. The van der Waals surface area contributed by atoms with Gasteiger partial charge in [0.1, 0.15) is 6.04 Å². The Bertz CT molecular complexity index is 369. The van der Waals surface area contributed by atoms with Crippen LogP contribution >= 0.6 is 11.8 Å². The Labute approximate surface area is 123 Å². The first-order valence-corrected chi connectivity index (χ1v) is 7.87. The van der Waals surface area contributed by atoms with Crippen LogP contribution in [-0.4, -0.2) is 57.9 Å². The van der Waals surface area contributed by atoms with Gasteiger partial charge < -0.3 is 15.3 Å². The van der Waals surface area contributed by atoms with E-state index in [-0.39, 0.29) is 22.8 Å². The summed E-state index contributed by atoms with van der Waals surface area (Å²) >= 11 is 1.27. The molecule has 0 saturated carbocycles. The van der Waals surface area contributed by atoms with Gasteiger partial charge in [-0.2, -0.15) is 0 Å². The molecule has 20 heavy (non-hydrogen) atoms. The summed E-state index contributed by atoms with van der Waals surface area (Å²) in [6.45, 7) is 4.65. The fraction of sp³-hybridized carbons (Fsp3) is 0.769. The molecular formula is C13H22N2O4S. The molecular weight excluding hydrogens is 280 g/mol. The summed E-state index contributed by atoms with van der Waals surface area (Å²) in [6.07, 6.45) is 3.23. The van der Waals surface area contributed by atoms with Crippen LogP contribution in [0.1, 0.15) is 33.1 Å². The number of aliphatic carboxylic acids is 1. The molecule has 1 heterocycles. The number of amides is 2. The molecule has 0 bridgehead atoms. The van der Waals surface area contributed by atoms with E-state index in [4.69, 9.17) is 5.11 Å². The van der Waals surface area contributed by atoms with Crippen LogP contribution in [0.5, 0.6) is 0 Å². The summed E-state index contributed by atoms with van der Waals surface area (Å²) in [4.78, 5) is 35.9. The zero-order valence-electron chi connectivity index (χ0n) is 11.9. The second kappa shape index (κ2) is 8.14. The van der Waals surface area contributed by atoms with Gasteiger partial charge in [-0.3, -0.25) is 9.59 Å². The van der Waals surface area contributed by atoms with E-state index in [1.165, 1.54) is 18.7 Å². The molecule has 1 aliphatic heterocycles. The number of rotatable bonds is 6. The van der Waals surface area contributed by atoms with Crippen LogP contribution in [0.25, 0.3) is 0 Å². The van der Waals surface area contributed by atoms with Crippen molar-refractivity contribution < 1.29 is 19.5 Å². The maximum Gasteiger partial charge on any atom is 0.327 e. The standard InChI is InChI=1S/C13H22N2O4S/c1-9(12(17)15-6-4-3-5-7-15)20-8-11(13(18)19)14-10(2)16/h9,11H,3-8H2,1-2H3,(H,14,16)(H,18,19). The van der Waals surface area contributed by atoms with Crippen molar-refractivity contribution in [3.63, 3.8) is 0 Å². The zero-order valence-corrected chi connectivity index (χ0v) is 12.7. The number of carbonyl (C=O) groups excluding carboxylic acids is 2. The van der Waals surface area contributed by atoms with Crippen LogP contribution in [0.2, 0.25) is 0 Å². The lowest BCUT2D eigenvalue weighted by Crippen LogP contribution is -2.43. The number of likely N-dealkylation sites (tertiary alicyclic amines) is 1. The lowest BCUT2D eigenvalue weighted by Gasteiger charge is -2.29. The molecule has 0 spiro atoms. The molecule has 7 heteroatoms. The minimum atomic E-state index is -1.08. The Morgan fingerprint density at radius 2 is 1.85 bits per heavy atom. The topological polar surface area (TPSA) is 86.7 Å². The molecule has 2 amide bonds. The predicted molar refractivity (Wildman–Crippen MR) is 77.6 cm³/mol. The lowest BCUT2D eigenvalue weighted by molar-refractivity contribution is -0.140. The SMILES string of the molecule is CC(=O)NC(CSC(C)C(=O)N1CCCCC1)C(=O)O. The van der Waals surface area contributed by atoms with Crippen LogP contribution in [0.3, 0.4) is 0 Å². The van der Waals surface area contributed by atoms with Crippen molar-refractivity contribution in [3.8, 4) is 0 Å². The van der Waals surface area contributed by atoms with Gasteiger partial charge in [0.2, 0.25) is 11.8 Å². The summed E-state index contributed by atoms with van der Waals surface area (Å²) in [6, 6.07) is -0.950. The quantitative estimate of drug-likeness (QED) is 0.754. The van der Waals surface area contributed by atoms with Crippen molar-refractivity contribution in [2.45, 2.75) is 44.4 Å². The highest BCUT2D eigenvalue weighted by Gasteiger charge is 2.25. The van der Waals surface area contributed by atoms with Gasteiger partial charge in [-0.25, -0.2) is 4.79 Å². The molecule has 2 unspecified atom stereocenters. The van der Waals surface area contributed by atoms with E-state index in [9.17, 15) is 14.4 Å². The Morgan fingerprint density at radius 3 is 2.35 bits per heavy atom. The summed E-state index contributed by atoms with van der Waals surface area (Å²) in [5, 5.41) is 11.1. The van der Waals surface area contributed by atoms with Crippen molar-refractivity contribution in [1.82, 2.24) is 10.2 Å². The molecule has 0 radical (unpaired) electrons. The van der Waals surface area contributed by atoms with Crippen LogP contribution < -0.4 is 5.32 Å². The van der Waals surface area contributed by atoms with E-state index < -0.39 is 12.0 Å². The number of carboxylic acids is 1. The highest BCUT2D eigenvalue weighted by Crippen LogP contribution is 2.18. The smallest absolute Gasteiger partial charge is 0.327 e. The largest absolute Gasteiger partial charge is 0.480 e. The predicted octanol–water partition coefficient (Wildman–Crippen LogP) is 0.710. The van der Waals surface area contributed by atoms with Crippen LogP contribution in [0.15, 0.2) is 0 Å². The summed E-state index contributed by atoms with van der Waals surface area (Å²) in [5.74, 6) is -1.21. The Morgan fingerprint density at radius 1 is 1.25 bits per heavy atom. The number of nitrogens with one attached hydrogen (secondary N) is 1. The van der Waals surface area contributed by atoms with Gasteiger partial charge in [0.25, 0.3) is 0 Å². The van der Waals surface area contributed by atoms with Gasteiger partial charge in [-0.05, 0) is 26.2 Å².